The van der Waals surface area contributed by atoms with Crippen molar-refractivity contribution >= 4 is 27.5 Å². The van der Waals surface area contributed by atoms with Crippen molar-refractivity contribution in [2.75, 3.05) is 0 Å². The number of ether oxygens (including phenoxy) is 1. The molecule has 0 bridgehead atoms. The van der Waals surface area contributed by atoms with Crippen LogP contribution in [-0.2, 0) is 6.61 Å². The Labute approximate surface area is 115 Å². The zero-order valence-electron chi connectivity index (χ0n) is 8.83. The Morgan fingerprint density at radius 3 is 2.67 bits per heavy atom. The molecule has 0 radical (unpaired) electrons. The van der Waals surface area contributed by atoms with Crippen molar-refractivity contribution in [1.29, 1.82) is 0 Å². The van der Waals surface area contributed by atoms with Crippen molar-refractivity contribution in [2.45, 2.75) is 6.61 Å². The summed E-state index contributed by atoms with van der Waals surface area (Å²) < 4.78 is 32.0. The van der Waals surface area contributed by atoms with Crippen molar-refractivity contribution in [3.8, 4) is 5.75 Å². The molecular formula is C11H6BrClF2N2O. The van der Waals surface area contributed by atoms with Gasteiger partial charge in [-0.25, -0.2) is 9.37 Å². The summed E-state index contributed by atoms with van der Waals surface area (Å²) in [6.45, 7) is -0.0308. The molecule has 0 aliphatic carbocycles. The number of hydrogen-bond acceptors (Lipinski definition) is 3. The Balaban J connectivity index is 2.13. The van der Waals surface area contributed by atoms with Gasteiger partial charge in [-0.3, -0.25) is 4.98 Å². The second kappa shape index (κ2) is 5.58. The topological polar surface area (TPSA) is 35.0 Å². The predicted molar refractivity (Wildman–Crippen MR) is 65.4 cm³/mol. The first-order valence-electron chi connectivity index (χ1n) is 4.80. The van der Waals surface area contributed by atoms with E-state index in [1.165, 1.54) is 18.5 Å². The van der Waals surface area contributed by atoms with E-state index in [1.807, 2.05) is 0 Å². The van der Waals surface area contributed by atoms with Gasteiger partial charge in [0, 0.05) is 4.47 Å². The number of nitrogens with zero attached hydrogens (tertiary/aromatic N) is 2. The lowest BCUT2D eigenvalue weighted by Gasteiger charge is -2.07. The molecule has 0 saturated carbocycles. The summed E-state index contributed by atoms with van der Waals surface area (Å²) in [4.78, 5) is 7.72. The van der Waals surface area contributed by atoms with E-state index in [0.717, 1.165) is 6.07 Å². The van der Waals surface area contributed by atoms with Gasteiger partial charge in [-0.05, 0) is 12.1 Å². The summed E-state index contributed by atoms with van der Waals surface area (Å²) in [5.41, 5.74) is 0.458. The summed E-state index contributed by atoms with van der Waals surface area (Å²) >= 11 is 8.62. The number of rotatable bonds is 3. The smallest absolute Gasteiger partial charge is 0.200 e. The summed E-state index contributed by atoms with van der Waals surface area (Å²) in [5.74, 6) is -2.22. The highest BCUT2D eigenvalue weighted by Gasteiger charge is 2.11. The first kappa shape index (κ1) is 13.2. The number of halogens is 4. The van der Waals surface area contributed by atoms with E-state index in [-0.39, 0.29) is 17.5 Å². The van der Waals surface area contributed by atoms with Crippen LogP contribution < -0.4 is 4.74 Å². The van der Waals surface area contributed by atoms with Crippen molar-refractivity contribution in [1.82, 2.24) is 9.97 Å². The normalized spacial score (nSPS) is 10.4. The molecule has 1 aromatic heterocycles. The van der Waals surface area contributed by atoms with Crippen LogP contribution in [0.25, 0.3) is 0 Å². The van der Waals surface area contributed by atoms with Crippen molar-refractivity contribution < 1.29 is 13.5 Å². The number of benzene rings is 1. The van der Waals surface area contributed by atoms with E-state index in [4.69, 9.17) is 16.3 Å². The van der Waals surface area contributed by atoms with E-state index in [1.54, 1.807) is 0 Å². The van der Waals surface area contributed by atoms with E-state index in [0.29, 0.717) is 10.2 Å². The first-order valence-corrected chi connectivity index (χ1v) is 5.97. The fourth-order valence-corrected chi connectivity index (χ4v) is 1.71. The maximum Gasteiger partial charge on any atom is 0.200 e. The lowest BCUT2D eigenvalue weighted by molar-refractivity contribution is 0.280. The molecule has 18 heavy (non-hydrogen) atoms. The quantitative estimate of drug-likeness (QED) is 0.801. The molecule has 0 aliphatic heterocycles. The third kappa shape index (κ3) is 3.14. The van der Waals surface area contributed by atoms with Crippen molar-refractivity contribution in [2.24, 2.45) is 0 Å². The lowest BCUT2D eigenvalue weighted by Crippen LogP contribution is -2.01. The van der Waals surface area contributed by atoms with Crippen LogP contribution in [0.3, 0.4) is 0 Å². The minimum absolute atomic E-state index is 0.0308. The second-order valence-corrected chi connectivity index (χ2v) is 4.62. The van der Waals surface area contributed by atoms with Crippen LogP contribution in [0.4, 0.5) is 8.78 Å². The van der Waals surface area contributed by atoms with Crippen molar-refractivity contribution in [3.63, 3.8) is 0 Å². The highest BCUT2D eigenvalue weighted by molar-refractivity contribution is 9.10. The van der Waals surface area contributed by atoms with Gasteiger partial charge in [-0.2, -0.15) is 4.39 Å². The van der Waals surface area contributed by atoms with E-state index in [2.05, 4.69) is 25.9 Å². The van der Waals surface area contributed by atoms with Crippen LogP contribution in [0.5, 0.6) is 5.75 Å². The van der Waals surface area contributed by atoms with Gasteiger partial charge < -0.3 is 4.74 Å². The molecular weight excluding hydrogens is 329 g/mol. The Morgan fingerprint density at radius 2 is 2.00 bits per heavy atom. The molecule has 0 N–H and O–H groups in total. The van der Waals surface area contributed by atoms with Crippen LogP contribution in [0, 0.1) is 11.6 Å². The van der Waals surface area contributed by atoms with Gasteiger partial charge in [0.15, 0.2) is 11.6 Å². The van der Waals surface area contributed by atoms with Gasteiger partial charge in [0.05, 0.1) is 18.1 Å². The Hall–Kier alpha value is -1.27. The van der Waals surface area contributed by atoms with Crippen LogP contribution in [-0.4, -0.2) is 9.97 Å². The highest BCUT2D eigenvalue weighted by atomic mass is 79.9. The summed E-state index contributed by atoms with van der Waals surface area (Å²) in [6, 6.07) is 2.35. The van der Waals surface area contributed by atoms with E-state index >= 15 is 0 Å². The zero-order chi connectivity index (χ0) is 13.1. The standard InChI is InChI=1S/C11H6BrClF2N2O/c12-6-1-8(14)11(15)9(2-6)18-5-7-3-17-10(13)4-16-7/h1-4H,5H2. The van der Waals surface area contributed by atoms with Gasteiger partial charge in [-0.1, -0.05) is 27.5 Å². The van der Waals surface area contributed by atoms with E-state index in [9.17, 15) is 8.78 Å². The van der Waals surface area contributed by atoms with Gasteiger partial charge >= 0.3 is 0 Å². The third-order valence-corrected chi connectivity index (χ3v) is 2.66. The fraction of sp³-hybridized carbons (Fsp3) is 0.0909. The minimum Gasteiger partial charge on any atom is -0.484 e. The Kier molecular flexibility index (Phi) is 4.08. The summed E-state index contributed by atoms with van der Waals surface area (Å²) in [5, 5.41) is 0.249. The maximum absolute atomic E-state index is 13.4. The molecule has 1 heterocycles. The third-order valence-electron chi connectivity index (χ3n) is 2.01. The molecule has 0 atom stereocenters. The summed E-state index contributed by atoms with van der Waals surface area (Å²) in [6.07, 6.45) is 2.74. The van der Waals surface area contributed by atoms with Gasteiger partial charge in [-0.15, -0.1) is 0 Å². The molecule has 0 fully saturated rings. The molecule has 94 valence electrons. The number of aromatic nitrogens is 2. The molecule has 2 rings (SSSR count). The molecule has 1 aromatic carbocycles. The molecule has 0 amide bonds. The molecule has 7 heteroatoms. The van der Waals surface area contributed by atoms with Gasteiger partial charge in [0.2, 0.25) is 5.82 Å². The summed E-state index contributed by atoms with van der Waals surface area (Å²) in [7, 11) is 0. The lowest BCUT2D eigenvalue weighted by atomic mass is 10.3. The molecule has 3 nitrogen and oxygen atoms in total. The van der Waals surface area contributed by atoms with Gasteiger partial charge in [0.1, 0.15) is 11.8 Å². The van der Waals surface area contributed by atoms with Crippen LogP contribution in [0.15, 0.2) is 29.0 Å². The monoisotopic (exact) mass is 334 g/mol. The fourth-order valence-electron chi connectivity index (χ4n) is 1.20. The van der Waals surface area contributed by atoms with Crippen LogP contribution in [0.2, 0.25) is 5.15 Å². The average molecular weight is 336 g/mol. The molecule has 0 saturated heterocycles. The van der Waals surface area contributed by atoms with Crippen molar-refractivity contribution in [3.05, 3.63) is 51.5 Å². The van der Waals surface area contributed by atoms with Gasteiger partial charge in [0.25, 0.3) is 0 Å². The maximum atomic E-state index is 13.4. The minimum atomic E-state index is -1.04. The Bertz CT molecular complexity index is 566. The second-order valence-electron chi connectivity index (χ2n) is 3.32. The highest BCUT2D eigenvalue weighted by Crippen LogP contribution is 2.25. The predicted octanol–water partition coefficient (Wildman–Crippen LogP) is 3.75. The van der Waals surface area contributed by atoms with E-state index < -0.39 is 11.6 Å². The average Bonchev–Trinajstić information content (AvgIpc) is 2.34. The zero-order valence-corrected chi connectivity index (χ0v) is 11.2. The Morgan fingerprint density at radius 1 is 1.22 bits per heavy atom. The largest absolute Gasteiger partial charge is 0.484 e. The molecule has 0 spiro atoms. The first-order chi connectivity index (χ1) is 8.56. The molecule has 0 aliphatic rings. The van der Waals surface area contributed by atoms with Crippen LogP contribution >= 0.6 is 27.5 Å². The SMILES string of the molecule is Fc1cc(Br)cc(OCc2cnc(Cl)cn2)c1F. The van der Waals surface area contributed by atoms with Crippen LogP contribution in [0.1, 0.15) is 5.69 Å². The molecule has 0 unspecified atom stereocenters. The number of hydrogen-bond donors (Lipinski definition) is 0. The molecule has 2 aromatic rings.